The lowest BCUT2D eigenvalue weighted by atomic mass is 10.1. The highest BCUT2D eigenvalue weighted by Gasteiger charge is 2.31. The van der Waals surface area contributed by atoms with E-state index in [1.165, 1.54) is 10.9 Å². The highest BCUT2D eigenvalue weighted by Crippen LogP contribution is 2.22. The molecule has 0 aliphatic rings. The van der Waals surface area contributed by atoms with E-state index in [4.69, 9.17) is 5.11 Å². The molecule has 6 heteroatoms. The Morgan fingerprint density at radius 2 is 2.21 bits per heavy atom. The van der Waals surface area contributed by atoms with Crippen LogP contribution in [0.25, 0.3) is 0 Å². The number of halogens is 3. The van der Waals surface area contributed by atoms with E-state index < -0.39 is 18.7 Å². The molecule has 3 nitrogen and oxygen atoms in total. The molecule has 0 amide bonds. The Labute approximate surface area is 79.2 Å². The van der Waals surface area contributed by atoms with Crippen LogP contribution < -0.4 is 0 Å². The minimum atomic E-state index is -4.32. The van der Waals surface area contributed by atoms with Gasteiger partial charge in [-0.1, -0.05) is 0 Å². The van der Waals surface area contributed by atoms with E-state index in [0.29, 0.717) is 5.56 Å². The Kier molecular flexibility index (Phi) is 3.15. The molecule has 0 aliphatic carbocycles. The number of nitrogens with zero attached hydrogens (tertiary/aromatic N) is 2. The average Bonchev–Trinajstić information content (AvgIpc) is 2.30. The first-order chi connectivity index (χ1) is 6.37. The Balaban J connectivity index is 2.45. The van der Waals surface area contributed by atoms with Gasteiger partial charge in [-0.2, -0.15) is 18.3 Å². The Morgan fingerprint density at radius 3 is 2.64 bits per heavy atom. The molecule has 0 bridgehead atoms. The van der Waals surface area contributed by atoms with Crippen molar-refractivity contribution in [3.63, 3.8) is 0 Å². The van der Waals surface area contributed by atoms with Crippen LogP contribution in [0.2, 0.25) is 0 Å². The van der Waals surface area contributed by atoms with Crippen molar-refractivity contribution < 1.29 is 18.3 Å². The van der Waals surface area contributed by atoms with E-state index in [-0.39, 0.29) is 6.42 Å². The molecular formula is C8H11F3N2O. The third-order valence-electron chi connectivity index (χ3n) is 1.70. The van der Waals surface area contributed by atoms with Crippen LogP contribution in [-0.4, -0.2) is 27.2 Å². The molecule has 0 aromatic carbocycles. The van der Waals surface area contributed by atoms with Gasteiger partial charge in [-0.15, -0.1) is 0 Å². The highest BCUT2D eigenvalue weighted by molar-refractivity contribution is 5.05. The van der Waals surface area contributed by atoms with Crippen LogP contribution in [0.1, 0.15) is 12.0 Å². The van der Waals surface area contributed by atoms with Crippen LogP contribution in [-0.2, 0) is 13.5 Å². The Bertz CT molecular complexity index is 295. The Morgan fingerprint density at radius 1 is 1.57 bits per heavy atom. The predicted octanol–water partition coefficient (Wildman–Crippen LogP) is 1.28. The number of hydrogen-bond donors (Lipinski definition) is 1. The zero-order chi connectivity index (χ0) is 10.8. The summed E-state index contributed by atoms with van der Waals surface area (Å²) in [6.07, 6.45) is -3.88. The van der Waals surface area contributed by atoms with Gasteiger partial charge in [-0.25, -0.2) is 0 Å². The molecule has 0 aliphatic heterocycles. The summed E-state index contributed by atoms with van der Waals surface area (Å²) in [6, 6.07) is 0. The second-order valence-corrected chi connectivity index (χ2v) is 3.20. The van der Waals surface area contributed by atoms with Gasteiger partial charge in [0.05, 0.1) is 18.7 Å². The van der Waals surface area contributed by atoms with Crippen molar-refractivity contribution in [1.82, 2.24) is 9.78 Å². The summed E-state index contributed by atoms with van der Waals surface area (Å²) in [5.41, 5.74) is 0.601. The third-order valence-corrected chi connectivity index (χ3v) is 1.70. The smallest absolute Gasteiger partial charge is 0.391 e. The van der Waals surface area contributed by atoms with Crippen LogP contribution >= 0.6 is 0 Å². The summed E-state index contributed by atoms with van der Waals surface area (Å²) in [6.45, 7) is 0. The topological polar surface area (TPSA) is 38.0 Å². The van der Waals surface area contributed by atoms with Crippen molar-refractivity contribution in [1.29, 1.82) is 0 Å². The van der Waals surface area contributed by atoms with Crippen molar-refractivity contribution in [2.75, 3.05) is 0 Å². The van der Waals surface area contributed by atoms with Crippen LogP contribution in [0.4, 0.5) is 13.2 Å². The molecule has 1 unspecified atom stereocenters. The zero-order valence-corrected chi connectivity index (χ0v) is 7.62. The summed E-state index contributed by atoms with van der Waals surface area (Å²) >= 11 is 0. The molecule has 1 rings (SSSR count). The number of hydrogen-bond acceptors (Lipinski definition) is 2. The maximum atomic E-state index is 11.8. The third kappa shape index (κ3) is 3.78. The molecule has 1 heterocycles. The van der Waals surface area contributed by atoms with Gasteiger partial charge in [0, 0.05) is 19.7 Å². The second-order valence-electron chi connectivity index (χ2n) is 3.20. The van der Waals surface area contributed by atoms with E-state index in [2.05, 4.69) is 5.10 Å². The van der Waals surface area contributed by atoms with Crippen LogP contribution in [0, 0.1) is 0 Å². The first-order valence-corrected chi connectivity index (χ1v) is 4.09. The van der Waals surface area contributed by atoms with Gasteiger partial charge in [0.1, 0.15) is 0 Å². The Hall–Kier alpha value is -1.04. The maximum Gasteiger partial charge on any atom is 0.391 e. The van der Waals surface area contributed by atoms with Crippen molar-refractivity contribution in [2.24, 2.45) is 7.05 Å². The molecule has 0 fully saturated rings. The van der Waals surface area contributed by atoms with Crippen LogP contribution in [0.15, 0.2) is 12.4 Å². The molecule has 1 aromatic heterocycles. The molecular weight excluding hydrogens is 197 g/mol. The molecule has 1 aromatic rings. The van der Waals surface area contributed by atoms with Crippen molar-refractivity contribution in [2.45, 2.75) is 25.1 Å². The fourth-order valence-electron chi connectivity index (χ4n) is 1.19. The second kappa shape index (κ2) is 4.00. The minimum absolute atomic E-state index is 0.0205. The fourth-order valence-corrected chi connectivity index (χ4v) is 1.19. The molecule has 0 saturated heterocycles. The van der Waals surface area contributed by atoms with E-state index in [9.17, 15) is 13.2 Å². The molecule has 0 saturated carbocycles. The normalized spacial score (nSPS) is 14.4. The first-order valence-electron chi connectivity index (χ1n) is 4.09. The molecule has 1 N–H and O–H groups in total. The number of aromatic nitrogens is 2. The van der Waals surface area contributed by atoms with Crippen molar-refractivity contribution >= 4 is 0 Å². The standard InChI is InChI=1S/C8H11F3N2O/c1-13-5-6(4-12-13)2-7(14)3-8(9,10)11/h4-5,7,14H,2-3H2,1H3. The summed E-state index contributed by atoms with van der Waals surface area (Å²) in [4.78, 5) is 0. The van der Waals surface area contributed by atoms with Crippen molar-refractivity contribution in [3.05, 3.63) is 18.0 Å². The van der Waals surface area contributed by atoms with Gasteiger partial charge in [-0.05, 0) is 5.56 Å². The van der Waals surface area contributed by atoms with Crippen LogP contribution in [0.5, 0.6) is 0 Å². The summed E-state index contributed by atoms with van der Waals surface area (Å²) in [5.74, 6) is 0. The first kappa shape index (κ1) is 11.0. The van der Waals surface area contributed by atoms with Gasteiger partial charge in [-0.3, -0.25) is 4.68 Å². The predicted molar refractivity (Wildman–Crippen MR) is 43.6 cm³/mol. The fraction of sp³-hybridized carbons (Fsp3) is 0.625. The zero-order valence-electron chi connectivity index (χ0n) is 7.62. The average molecular weight is 208 g/mol. The molecule has 14 heavy (non-hydrogen) atoms. The number of alkyl halides is 3. The van der Waals surface area contributed by atoms with Crippen molar-refractivity contribution in [3.8, 4) is 0 Å². The summed E-state index contributed by atoms with van der Waals surface area (Å²) in [5, 5.41) is 12.9. The lowest BCUT2D eigenvalue weighted by Gasteiger charge is -2.11. The van der Waals surface area contributed by atoms with Gasteiger partial charge >= 0.3 is 6.18 Å². The molecule has 80 valence electrons. The van der Waals surface area contributed by atoms with Gasteiger partial charge < -0.3 is 5.11 Å². The highest BCUT2D eigenvalue weighted by atomic mass is 19.4. The lowest BCUT2D eigenvalue weighted by Crippen LogP contribution is -2.21. The summed E-state index contributed by atoms with van der Waals surface area (Å²) < 4.78 is 37.0. The van der Waals surface area contributed by atoms with Crippen LogP contribution in [0.3, 0.4) is 0 Å². The largest absolute Gasteiger partial charge is 0.392 e. The lowest BCUT2D eigenvalue weighted by molar-refractivity contribution is -0.153. The number of aryl methyl sites for hydroxylation is 1. The monoisotopic (exact) mass is 208 g/mol. The van der Waals surface area contributed by atoms with Gasteiger partial charge in [0.25, 0.3) is 0 Å². The molecule has 1 atom stereocenters. The number of aliphatic hydroxyl groups is 1. The molecule has 0 radical (unpaired) electrons. The quantitative estimate of drug-likeness (QED) is 0.812. The number of rotatable bonds is 3. The molecule has 0 spiro atoms. The van der Waals surface area contributed by atoms with Gasteiger partial charge in [0.15, 0.2) is 0 Å². The maximum absolute atomic E-state index is 11.8. The summed E-state index contributed by atoms with van der Waals surface area (Å²) in [7, 11) is 1.67. The van der Waals surface area contributed by atoms with E-state index >= 15 is 0 Å². The van der Waals surface area contributed by atoms with E-state index in [0.717, 1.165) is 0 Å². The minimum Gasteiger partial charge on any atom is -0.392 e. The number of aliphatic hydroxyl groups excluding tert-OH is 1. The SMILES string of the molecule is Cn1cc(CC(O)CC(F)(F)F)cn1. The van der Waals surface area contributed by atoms with Gasteiger partial charge in [0.2, 0.25) is 0 Å². The van der Waals surface area contributed by atoms with E-state index in [1.54, 1.807) is 13.2 Å². The van der Waals surface area contributed by atoms with E-state index in [1.807, 2.05) is 0 Å².